The fourth-order valence-electron chi connectivity index (χ4n) is 1.89. The molecule has 0 unspecified atom stereocenters. The molecule has 0 aromatic carbocycles. The normalized spacial score (nSPS) is 10.8. The fraction of sp³-hybridized carbons (Fsp3) is 0.357. The molecule has 0 amide bonds. The number of hydrogen-bond donors (Lipinski definition) is 1. The molecular weight excluding hydrogens is 242 g/mol. The monoisotopic (exact) mass is 261 g/mol. The third-order valence-electron chi connectivity index (χ3n) is 2.64. The summed E-state index contributed by atoms with van der Waals surface area (Å²) in [6, 6.07) is 8.47. The fourth-order valence-corrected chi connectivity index (χ4v) is 2.67. The summed E-state index contributed by atoms with van der Waals surface area (Å²) in [5, 5.41) is 5.36. The molecule has 96 valence electrons. The Morgan fingerprint density at radius 1 is 1.33 bits per heavy atom. The highest BCUT2D eigenvalue weighted by atomic mass is 32.1. The highest BCUT2D eigenvalue weighted by Gasteiger charge is 2.03. The van der Waals surface area contributed by atoms with Crippen LogP contribution in [0.2, 0.25) is 0 Å². The molecule has 1 N–H and O–H groups in total. The van der Waals surface area contributed by atoms with Crippen molar-refractivity contribution in [2.24, 2.45) is 0 Å². The highest BCUT2D eigenvalue weighted by molar-refractivity contribution is 7.09. The standard InChI is InChI=1S/C14H19N3S/c1-3-15-14-9-12(6-7-16-14)10-17(2)11-13-5-4-8-18-13/h4-9H,3,10-11H2,1-2H3,(H,15,16). The van der Waals surface area contributed by atoms with Gasteiger partial charge in [0.2, 0.25) is 0 Å². The van der Waals surface area contributed by atoms with Crippen LogP contribution in [0.15, 0.2) is 35.8 Å². The number of hydrogen-bond acceptors (Lipinski definition) is 4. The molecule has 0 saturated carbocycles. The van der Waals surface area contributed by atoms with Gasteiger partial charge in [-0.3, -0.25) is 4.90 Å². The molecule has 2 heterocycles. The van der Waals surface area contributed by atoms with Crippen LogP contribution >= 0.6 is 11.3 Å². The van der Waals surface area contributed by atoms with Crippen molar-refractivity contribution in [3.05, 3.63) is 46.3 Å². The van der Waals surface area contributed by atoms with Crippen molar-refractivity contribution < 1.29 is 0 Å². The number of nitrogens with zero attached hydrogens (tertiary/aromatic N) is 2. The Labute approximate surface area is 112 Å². The van der Waals surface area contributed by atoms with Gasteiger partial charge in [-0.05, 0) is 43.1 Å². The molecule has 0 aliphatic heterocycles. The summed E-state index contributed by atoms with van der Waals surface area (Å²) in [6.07, 6.45) is 1.87. The lowest BCUT2D eigenvalue weighted by Gasteiger charge is -2.16. The molecule has 0 aliphatic carbocycles. The Balaban J connectivity index is 1.93. The first kappa shape index (κ1) is 13.1. The second kappa shape index (κ2) is 6.52. The molecule has 0 radical (unpaired) electrons. The van der Waals surface area contributed by atoms with Gasteiger partial charge in [0.05, 0.1) is 0 Å². The smallest absolute Gasteiger partial charge is 0.126 e. The summed E-state index contributed by atoms with van der Waals surface area (Å²) in [5.41, 5.74) is 1.29. The van der Waals surface area contributed by atoms with Crippen molar-refractivity contribution in [2.75, 3.05) is 18.9 Å². The second-order valence-electron chi connectivity index (χ2n) is 4.33. The van der Waals surface area contributed by atoms with Crippen LogP contribution in [0.5, 0.6) is 0 Å². The Hall–Kier alpha value is -1.39. The lowest BCUT2D eigenvalue weighted by Crippen LogP contribution is -2.16. The number of anilines is 1. The average molecular weight is 261 g/mol. The quantitative estimate of drug-likeness (QED) is 0.865. The van der Waals surface area contributed by atoms with E-state index in [9.17, 15) is 0 Å². The van der Waals surface area contributed by atoms with Gasteiger partial charge in [-0.1, -0.05) is 6.07 Å². The van der Waals surface area contributed by atoms with Gasteiger partial charge in [0.15, 0.2) is 0 Å². The zero-order valence-corrected chi connectivity index (χ0v) is 11.7. The van der Waals surface area contributed by atoms with E-state index in [1.54, 1.807) is 11.3 Å². The molecule has 0 saturated heterocycles. The first-order valence-electron chi connectivity index (χ1n) is 6.17. The van der Waals surface area contributed by atoms with Gasteiger partial charge in [0, 0.05) is 30.7 Å². The van der Waals surface area contributed by atoms with E-state index < -0.39 is 0 Å². The molecule has 2 rings (SSSR count). The molecule has 2 aromatic heterocycles. The number of nitrogens with one attached hydrogen (secondary N) is 1. The largest absolute Gasteiger partial charge is 0.370 e. The topological polar surface area (TPSA) is 28.2 Å². The van der Waals surface area contributed by atoms with Gasteiger partial charge >= 0.3 is 0 Å². The first-order chi connectivity index (χ1) is 8.78. The third-order valence-corrected chi connectivity index (χ3v) is 3.50. The Morgan fingerprint density at radius 2 is 2.22 bits per heavy atom. The number of rotatable bonds is 6. The van der Waals surface area contributed by atoms with E-state index in [0.717, 1.165) is 25.5 Å². The second-order valence-corrected chi connectivity index (χ2v) is 5.36. The molecule has 4 heteroatoms. The SMILES string of the molecule is CCNc1cc(CN(C)Cc2cccs2)ccn1. The van der Waals surface area contributed by atoms with Crippen LogP contribution in [0.3, 0.4) is 0 Å². The van der Waals surface area contributed by atoms with Gasteiger partial charge < -0.3 is 5.32 Å². The minimum absolute atomic E-state index is 0.904. The van der Waals surface area contributed by atoms with Crippen molar-refractivity contribution in [1.29, 1.82) is 0 Å². The summed E-state index contributed by atoms with van der Waals surface area (Å²) in [5.74, 6) is 0.958. The molecule has 0 atom stereocenters. The van der Waals surface area contributed by atoms with Crippen LogP contribution in [-0.2, 0) is 13.1 Å². The predicted octanol–water partition coefficient (Wildman–Crippen LogP) is 3.21. The van der Waals surface area contributed by atoms with E-state index in [4.69, 9.17) is 0 Å². The molecule has 3 nitrogen and oxygen atoms in total. The first-order valence-corrected chi connectivity index (χ1v) is 7.05. The number of thiophene rings is 1. The predicted molar refractivity (Wildman–Crippen MR) is 77.9 cm³/mol. The summed E-state index contributed by atoms with van der Waals surface area (Å²) >= 11 is 1.81. The van der Waals surface area contributed by atoms with Crippen LogP contribution in [0, 0.1) is 0 Å². The van der Waals surface area contributed by atoms with Crippen molar-refractivity contribution in [3.63, 3.8) is 0 Å². The molecular formula is C14H19N3S. The third kappa shape index (κ3) is 3.82. The van der Waals surface area contributed by atoms with E-state index in [-0.39, 0.29) is 0 Å². The van der Waals surface area contributed by atoms with E-state index >= 15 is 0 Å². The van der Waals surface area contributed by atoms with Crippen molar-refractivity contribution in [2.45, 2.75) is 20.0 Å². The van der Waals surface area contributed by atoms with E-state index in [1.165, 1.54) is 10.4 Å². The number of pyridine rings is 1. The van der Waals surface area contributed by atoms with E-state index in [2.05, 4.69) is 58.8 Å². The molecule has 0 bridgehead atoms. The van der Waals surface area contributed by atoms with E-state index in [0.29, 0.717) is 0 Å². The zero-order valence-electron chi connectivity index (χ0n) is 10.9. The summed E-state index contributed by atoms with van der Waals surface area (Å²) < 4.78 is 0. The minimum Gasteiger partial charge on any atom is -0.370 e. The Kier molecular flexibility index (Phi) is 4.73. The van der Waals surface area contributed by atoms with Crippen LogP contribution < -0.4 is 5.32 Å². The Bertz CT molecular complexity index is 468. The van der Waals surface area contributed by atoms with Crippen LogP contribution in [0.1, 0.15) is 17.4 Å². The van der Waals surface area contributed by atoms with Crippen molar-refractivity contribution in [1.82, 2.24) is 9.88 Å². The molecule has 2 aromatic rings. The van der Waals surface area contributed by atoms with Crippen LogP contribution in [0.4, 0.5) is 5.82 Å². The zero-order chi connectivity index (χ0) is 12.8. The molecule has 0 aliphatic rings. The van der Waals surface area contributed by atoms with Gasteiger partial charge in [-0.2, -0.15) is 0 Å². The lowest BCUT2D eigenvalue weighted by molar-refractivity contribution is 0.322. The van der Waals surface area contributed by atoms with Gasteiger partial charge in [0.1, 0.15) is 5.82 Å². The van der Waals surface area contributed by atoms with Gasteiger partial charge in [0.25, 0.3) is 0 Å². The molecule has 0 spiro atoms. The lowest BCUT2D eigenvalue weighted by atomic mass is 10.2. The van der Waals surface area contributed by atoms with Crippen molar-refractivity contribution in [3.8, 4) is 0 Å². The summed E-state index contributed by atoms with van der Waals surface area (Å²) in [7, 11) is 2.15. The maximum atomic E-state index is 4.28. The summed E-state index contributed by atoms with van der Waals surface area (Å²) in [4.78, 5) is 8.00. The van der Waals surface area contributed by atoms with Crippen LogP contribution in [0.25, 0.3) is 0 Å². The summed E-state index contributed by atoms with van der Waals surface area (Å²) in [6.45, 7) is 4.92. The molecule has 18 heavy (non-hydrogen) atoms. The van der Waals surface area contributed by atoms with Gasteiger partial charge in [-0.15, -0.1) is 11.3 Å². The van der Waals surface area contributed by atoms with E-state index in [1.807, 2.05) is 6.20 Å². The van der Waals surface area contributed by atoms with Crippen molar-refractivity contribution >= 4 is 17.2 Å². The average Bonchev–Trinajstić information content (AvgIpc) is 2.82. The minimum atomic E-state index is 0.904. The number of aromatic nitrogens is 1. The maximum absolute atomic E-state index is 4.28. The van der Waals surface area contributed by atoms with Crippen LogP contribution in [-0.4, -0.2) is 23.5 Å². The Morgan fingerprint density at radius 3 is 2.94 bits per heavy atom. The highest BCUT2D eigenvalue weighted by Crippen LogP contribution is 2.14. The van der Waals surface area contributed by atoms with Gasteiger partial charge in [-0.25, -0.2) is 4.98 Å². The maximum Gasteiger partial charge on any atom is 0.126 e. The molecule has 0 fully saturated rings.